The number of carbonyl (C=O) groups is 1. The first kappa shape index (κ1) is 20.6. The Hall–Kier alpha value is -2.15. The van der Waals surface area contributed by atoms with Gasteiger partial charge in [-0.15, -0.1) is 10.2 Å². The fraction of sp³-hybridized carbons (Fsp3) is 0.250. The van der Waals surface area contributed by atoms with Crippen molar-refractivity contribution in [2.24, 2.45) is 0 Å². The number of amides is 1. The van der Waals surface area contributed by atoms with Gasteiger partial charge in [0.15, 0.2) is 5.01 Å². The summed E-state index contributed by atoms with van der Waals surface area (Å²) in [5, 5.41) is 12.6. The number of carbonyl (C=O) groups excluding carboxylic acids is 1. The Morgan fingerprint density at radius 3 is 2.68 bits per heavy atom. The molecule has 1 amide bonds. The van der Waals surface area contributed by atoms with Crippen LogP contribution in [0.3, 0.4) is 0 Å². The van der Waals surface area contributed by atoms with Crippen LogP contribution in [0.1, 0.15) is 46.3 Å². The van der Waals surface area contributed by atoms with Gasteiger partial charge in [-0.25, -0.2) is 0 Å². The smallest absolute Gasteiger partial charge is 0.259 e. The number of hydrogen-bond acceptors (Lipinski definition) is 5. The van der Waals surface area contributed by atoms with E-state index in [1.165, 1.54) is 17.4 Å². The molecule has 5 nitrogen and oxygen atoms in total. The van der Waals surface area contributed by atoms with Crippen molar-refractivity contribution in [2.45, 2.75) is 33.3 Å². The maximum absolute atomic E-state index is 12.4. The molecule has 0 saturated heterocycles. The van der Waals surface area contributed by atoms with Gasteiger partial charge in [-0.1, -0.05) is 60.5 Å². The minimum Gasteiger partial charge on any atom is -0.486 e. The van der Waals surface area contributed by atoms with Crippen molar-refractivity contribution in [3.05, 3.63) is 68.1 Å². The number of nitrogens with zero attached hydrogens (tertiary/aromatic N) is 2. The van der Waals surface area contributed by atoms with Gasteiger partial charge in [0.05, 0.1) is 10.6 Å². The Morgan fingerprint density at radius 2 is 1.96 bits per heavy atom. The third-order valence-electron chi connectivity index (χ3n) is 4.01. The van der Waals surface area contributed by atoms with E-state index in [0.29, 0.717) is 26.6 Å². The highest BCUT2D eigenvalue weighted by Gasteiger charge is 2.15. The van der Waals surface area contributed by atoms with Gasteiger partial charge < -0.3 is 4.74 Å². The van der Waals surface area contributed by atoms with Crippen LogP contribution in [0.5, 0.6) is 5.75 Å². The first-order valence-electron chi connectivity index (χ1n) is 8.65. The number of aromatic nitrogens is 2. The van der Waals surface area contributed by atoms with Crippen LogP contribution < -0.4 is 10.1 Å². The first-order valence-corrected chi connectivity index (χ1v) is 10.2. The molecule has 0 saturated carbocycles. The number of halogens is 2. The van der Waals surface area contributed by atoms with E-state index in [1.807, 2.05) is 13.0 Å². The second-order valence-electron chi connectivity index (χ2n) is 6.56. The third kappa shape index (κ3) is 5.01. The maximum atomic E-state index is 12.4. The Bertz CT molecular complexity index is 1000. The van der Waals surface area contributed by atoms with Crippen LogP contribution in [0.2, 0.25) is 10.0 Å². The molecule has 1 N–H and O–H groups in total. The van der Waals surface area contributed by atoms with Gasteiger partial charge in [-0.05, 0) is 48.2 Å². The highest BCUT2D eigenvalue weighted by Crippen LogP contribution is 2.29. The second-order valence-corrected chi connectivity index (χ2v) is 8.47. The number of anilines is 1. The molecule has 8 heteroatoms. The molecule has 3 rings (SSSR count). The minimum atomic E-state index is -0.369. The lowest BCUT2D eigenvalue weighted by molar-refractivity contribution is 0.102. The van der Waals surface area contributed by atoms with Gasteiger partial charge in [0.25, 0.3) is 5.91 Å². The Labute approximate surface area is 177 Å². The van der Waals surface area contributed by atoms with Crippen molar-refractivity contribution in [1.82, 2.24) is 10.2 Å². The monoisotopic (exact) mass is 435 g/mol. The van der Waals surface area contributed by atoms with E-state index in [1.54, 1.807) is 12.1 Å². The molecule has 0 fully saturated rings. The lowest BCUT2D eigenvalue weighted by atomic mass is 10.0. The minimum absolute atomic E-state index is 0.276. The molecular formula is C20H19Cl2N3O2S. The maximum Gasteiger partial charge on any atom is 0.259 e. The SMILES string of the molecule is Cc1ccc(C(C)C)c(OCc2nnc(NC(=O)c3ccc(Cl)cc3Cl)s2)c1. The standard InChI is InChI=1S/C20H19Cl2N3O2S/c1-11(2)14-6-4-12(3)8-17(14)27-10-18-24-25-20(28-18)23-19(26)15-7-5-13(21)9-16(15)22/h4-9,11H,10H2,1-3H3,(H,23,25,26). The van der Waals surface area contributed by atoms with Crippen molar-refractivity contribution in [2.75, 3.05) is 5.32 Å². The number of benzene rings is 2. The van der Waals surface area contributed by atoms with Crippen molar-refractivity contribution < 1.29 is 9.53 Å². The molecule has 0 radical (unpaired) electrons. The third-order valence-corrected chi connectivity index (χ3v) is 5.37. The molecule has 0 spiro atoms. The molecule has 1 heterocycles. The lowest BCUT2D eigenvalue weighted by Gasteiger charge is -2.13. The van der Waals surface area contributed by atoms with Gasteiger partial charge >= 0.3 is 0 Å². The van der Waals surface area contributed by atoms with Crippen LogP contribution in [0.25, 0.3) is 0 Å². The fourth-order valence-electron chi connectivity index (χ4n) is 2.58. The zero-order chi connectivity index (χ0) is 20.3. The number of rotatable bonds is 6. The summed E-state index contributed by atoms with van der Waals surface area (Å²) < 4.78 is 5.96. The molecule has 1 aromatic heterocycles. The molecular weight excluding hydrogens is 417 g/mol. The van der Waals surface area contributed by atoms with E-state index in [4.69, 9.17) is 27.9 Å². The van der Waals surface area contributed by atoms with Crippen molar-refractivity contribution >= 4 is 45.6 Å². The zero-order valence-corrected chi connectivity index (χ0v) is 18.0. The molecule has 0 atom stereocenters. The lowest BCUT2D eigenvalue weighted by Crippen LogP contribution is -2.12. The van der Waals surface area contributed by atoms with Gasteiger partial charge in [-0.2, -0.15) is 0 Å². The fourth-order valence-corrected chi connectivity index (χ4v) is 3.73. The van der Waals surface area contributed by atoms with Crippen LogP contribution >= 0.6 is 34.5 Å². The van der Waals surface area contributed by atoms with Crippen molar-refractivity contribution in [3.63, 3.8) is 0 Å². The molecule has 2 aromatic carbocycles. The predicted molar refractivity (Wildman–Crippen MR) is 114 cm³/mol. The average Bonchev–Trinajstić information content (AvgIpc) is 3.07. The van der Waals surface area contributed by atoms with Crippen LogP contribution in [-0.4, -0.2) is 16.1 Å². The van der Waals surface area contributed by atoms with Crippen LogP contribution in [0.4, 0.5) is 5.13 Å². The summed E-state index contributed by atoms with van der Waals surface area (Å²) >= 11 is 13.2. The first-order chi connectivity index (χ1) is 13.3. The van der Waals surface area contributed by atoms with E-state index in [2.05, 4.69) is 41.5 Å². The van der Waals surface area contributed by atoms with Gasteiger partial charge in [0, 0.05) is 5.02 Å². The summed E-state index contributed by atoms with van der Waals surface area (Å²) in [4.78, 5) is 12.4. The summed E-state index contributed by atoms with van der Waals surface area (Å²) in [6.45, 7) is 6.55. The highest BCUT2D eigenvalue weighted by atomic mass is 35.5. The number of hydrogen-bond donors (Lipinski definition) is 1. The van der Waals surface area contributed by atoms with Crippen LogP contribution in [0, 0.1) is 6.92 Å². The zero-order valence-electron chi connectivity index (χ0n) is 15.6. The van der Waals surface area contributed by atoms with Gasteiger partial charge in [0.2, 0.25) is 5.13 Å². The van der Waals surface area contributed by atoms with E-state index in [0.717, 1.165) is 16.9 Å². The van der Waals surface area contributed by atoms with E-state index < -0.39 is 0 Å². The summed E-state index contributed by atoms with van der Waals surface area (Å²) in [6.07, 6.45) is 0. The predicted octanol–water partition coefficient (Wildman–Crippen LogP) is 6.11. The summed E-state index contributed by atoms with van der Waals surface area (Å²) in [5.41, 5.74) is 2.59. The largest absolute Gasteiger partial charge is 0.486 e. The average molecular weight is 436 g/mol. The van der Waals surface area contributed by atoms with Crippen LogP contribution in [-0.2, 0) is 6.61 Å². The molecule has 0 bridgehead atoms. The summed E-state index contributed by atoms with van der Waals surface area (Å²) in [5.74, 6) is 0.818. The number of aryl methyl sites for hydroxylation is 1. The number of ether oxygens (including phenoxy) is 1. The molecule has 0 unspecified atom stereocenters. The highest BCUT2D eigenvalue weighted by molar-refractivity contribution is 7.15. The van der Waals surface area contributed by atoms with Crippen molar-refractivity contribution in [3.8, 4) is 5.75 Å². The topological polar surface area (TPSA) is 64.1 Å². The summed E-state index contributed by atoms with van der Waals surface area (Å²) in [7, 11) is 0. The molecule has 0 aliphatic rings. The van der Waals surface area contributed by atoms with Crippen LogP contribution in [0.15, 0.2) is 36.4 Å². The molecule has 0 aliphatic heterocycles. The molecule has 28 heavy (non-hydrogen) atoms. The molecule has 0 aliphatic carbocycles. The van der Waals surface area contributed by atoms with Gasteiger partial charge in [-0.3, -0.25) is 10.1 Å². The van der Waals surface area contributed by atoms with E-state index in [-0.39, 0.29) is 17.5 Å². The summed E-state index contributed by atoms with van der Waals surface area (Å²) in [6, 6.07) is 10.9. The Balaban J connectivity index is 1.66. The van der Waals surface area contributed by atoms with E-state index >= 15 is 0 Å². The van der Waals surface area contributed by atoms with E-state index in [9.17, 15) is 4.79 Å². The molecule has 3 aromatic rings. The van der Waals surface area contributed by atoms with Gasteiger partial charge in [0.1, 0.15) is 12.4 Å². The normalized spacial score (nSPS) is 10.9. The Morgan fingerprint density at radius 1 is 1.18 bits per heavy atom. The molecule has 146 valence electrons. The quantitative estimate of drug-likeness (QED) is 0.507. The Kier molecular flexibility index (Phi) is 6.54. The second kappa shape index (κ2) is 8.90. The van der Waals surface area contributed by atoms with Crippen molar-refractivity contribution in [1.29, 1.82) is 0 Å². The number of nitrogens with one attached hydrogen (secondary N) is 1.